The normalized spacial score (nSPS) is 11.9. The molecule has 1 aromatic carbocycles. The first-order valence-electron chi connectivity index (χ1n) is 9.58. The molecule has 0 heterocycles. The molecule has 0 aliphatic heterocycles. The fourth-order valence-electron chi connectivity index (χ4n) is 3.28. The Morgan fingerprint density at radius 2 is 1.08 bits per heavy atom. The van der Waals surface area contributed by atoms with Crippen LogP contribution in [-0.2, 0) is 19.3 Å². The van der Waals surface area contributed by atoms with Crippen LogP contribution in [0.15, 0.2) is 12.1 Å². The molecular formula is C21H39N3O. The highest BCUT2D eigenvalue weighted by Gasteiger charge is 2.13. The lowest BCUT2D eigenvalue weighted by Crippen LogP contribution is -2.16. The zero-order chi connectivity index (χ0) is 18.8. The lowest BCUT2D eigenvalue weighted by atomic mass is 9.91. The van der Waals surface area contributed by atoms with Crippen molar-refractivity contribution in [3.05, 3.63) is 28.8 Å². The van der Waals surface area contributed by atoms with E-state index in [9.17, 15) is 5.11 Å². The van der Waals surface area contributed by atoms with E-state index in [0.29, 0.717) is 5.75 Å². The van der Waals surface area contributed by atoms with Crippen LogP contribution >= 0.6 is 0 Å². The molecule has 0 aliphatic carbocycles. The number of benzene rings is 1. The molecule has 0 saturated carbocycles. The molecule has 4 nitrogen and oxygen atoms in total. The first-order chi connectivity index (χ1) is 11.8. The van der Waals surface area contributed by atoms with E-state index in [2.05, 4.69) is 63.1 Å². The van der Waals surface area contributed by atoms with E-state index < -0.39 is 0 Å². The van der Waals surface area contributed by atoms with Gasteiger partial charge in [-0.3, -0.25) is 0 Å². The first kappa shape index (κ1) is 21.9. The Labute approximate surface area is 155 Å². The summed E-state index contributed by atoms with van der Waals surface area (Å²) in [7, 11) is 12.7. The van der Waals surface area contributed by atoms with E-state index in [-0.39, 0.29) is 0 Å². The summed E-state index contributed by atoms with van der Waals surface area (Å²) in [4.78, 5) is 6.69. The van der Waals surface area contributed by atoms with Gasteiger partial charge in [-0.2, -0.15) is 0 Å². The average molecular weight is 350 g/mol. The Bertz CT molecular complexity index is 498. The van der Waals surface area contributed by atoms with Crippen LogP contribution in [0.5, 0.6) is 5.75 Å². The SMILES string of the molecule is CN(C)CCCc1ccc(O)c(CCCN(C)C)c1CCCN(C)C. The molecule has 0 unspecified atom stereocenters. The summed E-state index contributed by atoms with van der Waals surface area (Å²) < 4.78 is 0. The average Bonchev–Trinajstić information content (AvgIpc) is 2.50. The van der Waals surface area contributed by atoms with E-state index in [1.165, 1.54) is 16.7 Å². The predicted octanol–water partition coefficient (Wildman–Crippen LogP) is 2.87. The number of aromatic hydroxyl groups is 1. The number of nitrogens with zero attached hydrogens (tertiary/aromatic N) is 3. The first-order valence-corrected chi connectivity index (χ1v) is 9.58. The van der Waals surface area contributed by atoms with Crippen LogP contribution in [0.1, 0.15) is 36.0 Å². The van der Waals surface area contributed by atoms with Crippen LogP contribution in [0, 0.1) is 0 Å². The number of hydrogen-bond acceptors (Lipinski definition) is 4. The van der Waals surface area contributed by atoms with E-state index in [1.54, 1.807) is 0 Å². The predicted molar refractivity (Wildman–Crippen MR) is 109 cm³/mol. The Hall–Kier alpha value is -1.10. The van der Waals surface area contributed by atoms with Crippen molar-refractivity contribution in [3.63, 3.8) is 0 Å². The van der Waals surface area contributed by atoms with Crippen LogP contribution < -0.4 is 0 Å². The minimum atomic E-state index is 0.481. The lowest BCUT2D eigenvalue weighted by Gasteiger charge is -2.19. The maximum absolute atomic E-state index is 10.5. The van der Waals surface area contributed by atoms with Crippen LogP contribution in [-0.4, -0.2) is 81.7 Å². The number of hydrogen-bond donors (Lipinski definition) is 1. The molecule has 0 saturated heterocycles. The van der Waals surface area contributed by atoms with Crippen molar-refractivity contribution in [2.45, 2.75) is 38.5 Å². The second kappa shape index (κ2) is 11.5. The highest BCUT2D eigenvalue weighted by Crippen LogP contribution is 2.28. The molecule has 4 heteroatoms. The molecule has 1 rings (SSSR count). The molecule has 1 N–H and O–H groups in total. The van der Waals surface area contributed by atoms with Crippen molar-refractivity contribution in [1.29, 1.82) is 0 Å². The van der Waals surface area contributed by atoms with Gasteiger partial charge in [0.05, 0.1) is 0 Å². The summed E-state index contributed by atoms with van der Waals surface area (Å²) in [6.45, 7) is 3.25. The summed E-state index contributed by atoms with van der Waals surface area (Å²) >= 11 is 0. The third-order valence-electron chi connectivity index (χ3n) is 4.62. The molecule has 1 aromatic rings. The Morgan fingerprint density at radius 1 is 0.640 bits per heavy atom. The number of phenolic OH excluding ortho intramolecular Hbond substituents is 1. The van der Waals surface area contributed by atoms with E-state index >= 15 is 0 Å². The van der Waals surface area contributed by atoms with Crippen LogP contribution in [0.25, 0.3) is 0 Å². The Balaban J connectivity index is 2.91. The zero-order valence-corrected chi connectivity index (χ0v) is 17.3. The Morgan fingerprint density at radius 3 is 1.56 bits per heavy atom. The minimum absolute atomic E-state index is 0.481. The van der Waals surface area contributed by atoms with Gasteiger partial charge in [0.2, 0.25) is 0 Å². The molecule has 0 radical (unpaired) electrons. The summed E-state index contributed by atoms with van der Waals surface area (Å²) in [6.07, 6.45) is 6.50. The van der Waals surface area contributed by atoms with Crippen molar-refractivity contribution < 1.29 is 5.11 Å². The van der Waals surface area contributed by atoms with Crippen LogP contribution in [0.2, 0.25) is 0 Å². The zero-order valence-electron chi connectivity index (χ0n) is 17.3. The summed E-state index contributed by atoms with van der Waals surface area (Å²) in [6, 6.07) is 4.05. The largest absolute Gasteiger partial charge is 0.508 e. The van der Waals surface area contributed by atoms with Gasteiger partial charge in [-0.1, -0.05) is 6.07 Å². The monoisotopic (exact) mass is 349 g/mol. The third kappa shape index (κ3) is 8.70. The van der Waals surface area contributed by atoms with E-state index in [0.717, 1.165) is 58.2 Å². The summed E-state index contributed by atoms with van der Waals surface area (Å²) in [5, 5.41) is 10.5. The van der Waals surface area contributed by atoms with Crippen LogP contribution in [0.3, 0.4) is 0 Å². The fourth-order valence-corrected chi connectivity index (χ4v) is 3.28. The molecule has 25 heavy (non-hydrogen) atoms. The van der Waals surface area contributed by atoms with Gasteiger partial charge in [-0.25, -0.2) is 0 Å². The molecule has 0 atom stereocenters. The number of aryl methyl sites for hydroxylation is 1. The van der Waals surface area contributed by atoms with Gasteiger partial charge in [-0.05, 0) is 123 Å². The lowest BCUT2D eigenvalue weighted by molar-refractivity contribution is 0.392. The van der Waals surface area contributed by atoms with Gasteiger partial charge in [0.1, 0.15) is 5.75 Å². The maximum Gasteiger partial charge on any atom is 0.119 e. The van der Waals surface area contributed by atoms with Gasteiger partial charge in [0.25, 0.3) is 0 Å². The highest BCUT2D eigenvalue weighted by molar-refractivity contribution is 5.45. The second-order valence-corrected chi connectivity index (χ2v) is 7.92. The van der Waals surface area contributed by atoms with E-state index in [4.69, 9.17) is 0 Å². The van der Waals surface area contributed by atoms with Crippen molar-refractivity contribution in [1.82, 2.24) is 14.7 Å². The molecule has 0 aromatic heterocycles. The van der Waals surface area contributed by atoms with Crippen molar-refractivity contribution in [3.8, 4) is 5.75 Å². The molecular weight excluding hydrogens is 310 g/mol. The third-order valence-corrected chi connectivity index (χ3v) is 4.62. The smallest absolute Gasteiger partial charge is 0.119 e. The van der Waals surface area contributed by atoms with Gasteiger partial charge >= 0.3 is 0 Å². The van der Waals surface area contributed by atoms with Crippen molar-refractivity contribution in [2.75, 3.05) is 61.9 Å². The van der Waals surface area contributed by atoms with Crippen molar-refractivity contribution >= 4 is 0 Å². The van der Waals surface area contributed by atoms with Crippen molar-refractivity contribution in [2.24, 2.45) is 0 Å². The standard InChI is InChI=1S/C21H39N3O/c1-22(2)15-7-10-18-13-14-21(25)20(12-9-17-24(5)6)19(18)11-8-16-23(3)4/h13-14,25H,7-12,15-17H2,1-6H3. The van der Waals surface area contributed by atoms with E-state index in [1.807, 2.05) is 6.07 Å². The minimum Gasteiger partial charge on any atom is -0.508 e. The Kier molecular flexibility index (Phi) is 10.1. The molecule has 0 aliphatic rings. The molecule has 144 valence electrons. The second-order valence-electron chi connectivity index (χ2n) is 7.92. The molecule has 0 bridgehead atoms. The topological polar surface area (TPSA) is 30.0 Å². The summed E-state index contributed by atoms with van der Waals surface area (Å²) in [5.41, 5.74) is 4.01. The van der Waals surface area contributed by atoms with Gasteiger partial charge in [0.15, 0.2) is 0 Å². The molecule has 0 fully saturated rings. The van der Waals surface area contributed by atoms with Crippen LogP contribution in [0.4, 0.5) is 0 Å². The fraction of sp³-hybridized carbons (Fsp3) is 0.714. The van der Waals surface area contributed by atoms with Gasteiger partial charge in [-0.15, -0.1) is 0 Å². The van der Waals surface area contributed by atoms with Gasteiger partial charge in [0, 0.05) is 0 Å². The summed E-state index contributed by atoms with van der Waals surface area (Å²) in [5.74, 6) is 0.481. The van der Waals surface area contributed by atoms with Gasteiger partial charge < -0.3 is 19.8 Å². The maximum atomic E-state index is 10.5. The number of phenols is 1. The molecule has 0 amide bonds. The molecule has 0 spiro atoms. The quantitative estimate of drug-likeness (QED) is 0.628. The number of rotatable bonds is 12. The highest BCUT2D eigenvalue weighted by atomic mass is 16.3.